The number of carbonyl (C=O) groups excluding carboxylic acids is 1. The summed E-state index contributed by atoms with van der Waals surface area (Å²) in [7, 11) is 1.89. The third kappa shape index (κ3) is 4.91. The molecule has 0 N–H and O–H groups in total. The first-order valence-electron chi connectivity index (χ1n) is 12.9. The molecule has 1 saturated heterocycles. The van der Waals surface area contributed by atoms with Crippen LogP contribution in [0.4, 0.5) is 0 Å². The summed E-state index contributed by atoms with van der Waals surface area (Å²) in [4.78, 5) is 24.4. The maximum absolute atomic E-state index is 13.1. The highest BCUT2D eigenvalue weighted by Gasteiger charge is 2.23. The highest BCUT2D eigenvalue weighted by atomic mass is 16.2. The van der Waals surface area contributed by atoms with Crippen LogP contribution < -0.4 is 0 Å². The molecule has 6 heteroatoms. The van der Waals surface area contributed by atoms with Crippen LogP contribution in [0.25, 0.3) is 33.3 Å². The average Bonchev–Trinajstić information content (AvgIpc) is 3.42. The molecule has 5 aromatic rings. The van der Waals surface area contributed by atoms with Crippen molar-refractivity contribution in [3.05, 3.63) is 103 Å². The number of fused-ring (bicyclic) bond motifs is 1. The quantitative estimate of drug-likeness (QED) is 0.304. The molecule has 1 aliphatic heterocycles. The number of hydrogen-bond donors (Lipinski definition) is 0. The monoisotopic (exact) mass is 497 g/mol. The second-order valence-corrected chi connectivity index (χ2v) is 9.61. The average molecular weight is 498 g/mol. The number of benzene rings is 2. The normalized spacial score (nSPS) is 13.8. The number of pyridine rings is 2. The van der Waals surface area contributed by atoms with Crippen molar-refractivity contribution in [3.63, 3.8) is 0 Å². The number of nitrogens with zero attached hydrogens (tertiary/aromatic N) is 5. The Balaban J connectivity index is 1.15. The Morgan fingerprint density at radius 2 is 1.68 bits per heavy atom. The number of rotatable bonds is 3. The van der Waals surface area contributed by atoms with Gasteiger partial charge in [0.05, 0.1) is 17.4 Å². The van der Waals surface area contributed by atoms with E-state index in [1.165, 1.54) is 0 Å². The lowest BCUT2D eigenvalue weighted by molar-refractivity contribution is 0.0708. The van der Waals surface area contributed by atoms with Gasteiger partial charge in [0, 0.05) is 55.0 Å². The number of hydrogen-bond acceptors (Lipinski definition) is 4. The Morgan fingerprint density at radius 3 is 2.42 bits per heavy atom. The lowest BCUT2D eigenvalue weighted by atomic mass is 9.96. The molecule has 186 valence electrons. The predicted octanol–water partition coefficient (Wildman–Crippen LogP) is 5.60. The third-order valence-electron chi connectivity index (χ3n) is 7.02. The summed E-state index contributed by atoms with van der Waals surface area (Å²) in [6, 6.07) is 24.0. The van der Waals surface area contributed by atoms with Crippen LogP contribution in [0.1, 0.15) is 28.9 Å². The fourth-order valence-electron chi connectivity index (χ4n) is 4.89. The first kappa shape index (κ1) is 23.6. The SMILES string of the molecule is Cn1cc(-c2cc3ncccc3c(C#CC3CCN(C(=O)c4ccc(-c5ccccc5)cc4)CC3)n2)cn1. The second kappa shape index (κ2) is 10.3. The van der Waals surface area contributed by atoms with Crippen LogP contribution in [0.5, 0.6) is 0 Å². The lowest BCUT2D eigenvalue weighted by Gasteiger charge is -2.30. The molecule has 2 aromatic carbocycles. The van der Waals surface area contributed by atoms with Gasteiger partial charge in [-0.2, -0.15) is 5.10 Å². The van der Waals surface area contributed by atoms with Crippen LogP contribution in [0.15, 0.2) is 91.4 Å². The molecule has 0 aliphatic carbocycles. The molecule has 6 nitrogen and oxygen atoms in total. The van der Waals surface area contributed by atoms with Crippen LogP contribution in [0.2, 0.25) is 0 Å². The van der Waals surface area contributed by atoms with E-state index in [0.29, 0.717) is 13.1 Å². The smallest absolute Gasteiger partial charge is 0.253 e. The zero-order valence-electron chi connectivity index (χ0n) is 21.2. The maximum atomic E-state index is 13.1. The van der Waals surface area contributed by atoms with Gasteiger partial charge in [-0.25, -0.2) is 4.98 Å². The highest BCUT2D eigenvalue weighted by molar-refractivity contribution is 5.94. The molecule has 6 rings (SSSR count). The zero-order chi connectivity index (χ0) is 25.9. The second-order valence-electron chi connectivity index (χ2n) is 9.61. The molecule has 0 radical (unpaired) electrons. The van der Waals surface area contributed by atoms with E-state index in [4.69, 9.17) is 4.98 Å². The largest absolute Gasteiger partial charge is 0.339 e. The van der Waals surface area contributed by atoms with Crippen LogP contribution in [0.3, 0.4) is 0 Å². The van der Waals surface area contributed by atoms with E-state index in [1.54, 1.807) is 17.1 Å². The van der Waals surface area contributed by atoms with E-state index in [-0.39, 0.29) is 11.8 Å². The van der Waals surface area contributed by atoms with Crippen LogP contribution in [0, 0.1) is 17.8 Å². The van der Waals surface area contributed by atoms with E-state index < -0.39 is 0 Å². The summed E-state index contributed by atoms with van der Waals surface area (Å²) in [5.74, 6) is 7.08. The Bertz CT molecular complexity index is 1650. The highest BCUT2D eigenvalue weighted by Crippen LogP contribution is 2.25. The van der Waals surface area contributed by atoms with Crippen LogP contribution in [-0.2, 0) is 7.05 Å². The van der Waals surface area contributed by atoms with Gasteiger partial charge in [0.1, 0.15) is 5.69 Å². The van der Waals surface area contributed by atoms with Gasteiger partial charge >= 0.3 is 0 Å². The summed E-state index contributed by atoms with van der Waals surface area (Å²) in [6.07, 6.45) is 7.22. The van der Waals surface area contributed by atoms with Gasteiger partial charge in [0.2, 0.25) is 0 Å². The molecule has 1 aliphatic rings. The first-order chi connectivity index (χ1) is 18.6. The Hall–Kier alpha value is -4.76. The van der Waals surface area contributed by atoms with Crippen molar-refractivity contribution in [2.75, 3.05) is 13.1 Å². The number of piperidine rings is 1. The zero-order valence-corrected chi connectivity index (χ0v) is 21.2. The van der Waals surface area contributed by atoms with Crippen molar-refractivity contribution < 1.29 is 4.79 Å². The summed E-state index contributed by atoms with van der Waals surface area (Å²) in [5.41, 5.74) is 6.33. The topological polar surface area (TPSA) is 63.9 Å². The molecule has 4 heterocycles. The molecule has 0 unspecified atom stereocenters. The Morgan fingerprint density at radius 1 is 0.921 bits per heavy atom. The summed E-state index contributed by atoms with van der Waals surface area (Å²) >= 11 is 0. The maximum Gasteiger partial charge on any atom is 0.253 e. The number of carbonyl (C=O) groups is 1. The van der Waals surface area contributed by atoms with Crippen molar-refractivity contribution in [2.24, 2.45) is 13.0 Å². The van der Waals surface area contributed by atoms with E-state index >= 15 is 0 Å². The number of amides is 1. The van der Waals surface area contributed by atoms with Gasteiger partial charge in [0.25, 0.3) is 5.91 Å². The molecule has 1 fully saturated rings. The van der Waals surface area contributed by atoms with E-state index in [1.807, 2.05) is 78.8 Å². The predicted molar refractivity (Wildman–Crippen MR) is 149 cm³/mol. The number of aromatic nitrogens is 4. The summed E-state index contributed by atoms with van der Waals surface area (Å²) in [6.45, 7) is 1.40. The molecule has 38 heavy (non-hydrogen) atoms. The molecule has 0 atom stereocenters. The van der Waals surface area contributed by atoms with Crippen molar-refractivity contribution in [1.29, 1.82) is 0 Å². The van der Waals surface area contributed by atoms with Crippen molar-refractivity contribution in [3.8, 4) is 34.2 Å². The van der Waals surface area contributed by atoms with Gasteiger partial charge in [-0.05, 0) is 60.2 Å². The lowest BCUT2D eigenvalue weighted by Crippen LogP contribution is -2.38. The van der Waals surface area contributed by atoms with Crippen LogP contribution >= 0.6 is 0 Å². The summed E-state index contributed by atoms with van der Waals surface area (Å²) in [5, 5.41) is 5.22. The number of aryl methyl sites for hydroxylation is 1. The molecule has 0 bridgehead atoms. The molecule has 3 aromatic heterocycles. The van der Waals surface area contributed by atoms with Gasteiger partial charge in [0.15, 0.2) is 0 Å². The van der Waals surface area contributed by atoms with Crippen molar-refractivity contribution >= 4 is 16.8 Å². The van der Waals surface area contributed by atoms with Crippen LogP contribution in [-0.4, -0.2) is 43.6 Å². The first-order valence-corrected chi connectivity index (χ1v) is 12.9. The van der Waals surface area contributed by atoms with Gasteiger partial charge in [-0.3, -0.25) is 14.5 Å². The third-order valence-corrected chi connectivity index (χ3v) is 7.02. The van der Waals surface area contributed by atoms with Crippen molar-refractivity contribution in [1.82, 2.24) is 24.6 Å². The van der Waals surface area contributed by atoms with Crippen molar-refractivity contribution in [2.45, 2.75) is 12.8 Å². The molecule has 1 amide bonds. The molecular weight excluding hydrogens is 470 g/mol. The molecule has 0 spiro atoms. The van der Waals surface area contributed by atoms with E-state index in [9.17, 15) is 4.79 Å². The minimum atomic E-state index is 0.0823. The van der Waals surface area contributed by atoms with Gasteiger partial charge in [-0.1, -0.05) is 48.4 Å². The van der Waals surface area contributed by atoms with Gasteiger partial charge in [-0.15, -0.1) is 0 Å². The minimum Gasteiger partial charge on any atom is -0.339 e. The Kier molecular flexibility index (Phi) is 6.41. The fraction of sp³-hybridized carbons (Fsp3) is 0.188. The molecule has 0 saturated carbocycles. The standard InChI is InChI=1S/C32H27N5O/c1-36-22-27(21-34-36)30-20-31-28(8-5-17-33-31)29(35-30)14-9-23-15-18-37(19-16-23)32(38)26-12-10-25(11-13-26)24-6-3-2-4-7-24/h2-8,10-13,17,20-23H,15-16,18-19H2,1H3. The van der Waals surface area contributed by atoms with E-state index in [0.717, 1.165) is 57.4 Å². The number of likely N-dealkylation sites (tertiary alicyclic amines) is 1. The summed E-state index contributed by atoms with van der Waals surface area (Å²) < 4.78 is 1.76. The van der Waals surface area contributed by atoms with E-state index in [2.05, 4.69) is 34.1 Å². The fourth-order valence-corrected chi connectivity index (χ4v) is 4.89. The minimum absolute atomic E-state index is 0.0823. The van der Waals surface area contributed by atoms with Gasteiger partial charge < -0.3 is 4.90 Å². The Labute approximate surface area is 222 Å². The molecular formula is C32H27N5O.